The molecular weight excluding hydrogens is 577 g/mol. The predicted molar refractivity (Wildman–Crippen MR) is 156 cm³/mol. The minimum absolute atomic E-state index is 0. The van der Waals surface area contributed by atoms with Crippen LogP contribution in [0.4, 0.5) is 22.7 Å². The molecule has 0 amide bonds. The molecule has 205 valence electrons. The topological polar surface area (TPSA) is 173 Å². The summed E-state index contributed by atoms with van der Waals surface area (Å²) < 4.78 is 62.6. The summed E-state index contributed by atoms with van der Waals surface area (Å²) >= 11 is 0. The maximum atomic E-state index is 13.5. The Hall–Kier alpha value is -3.52. The van der Waals surface area contributed by atoms with Gasteiger partial charge in [0, 0.05) is 46.4 Å². The number of carbonyl (C=O) groups is 2. The number of nitrogens with one attached hydrogen (secondary N) is 2. The molecule has 0 fully saturated rings. The predicted octanol–water partition coefficient (Wildman–Crippen LogP) is 4.07. The van der Waals surface area contributed by atoms with Crippen molar-refractivity contribution < 1.29 is 31.0 Å². The van der Waals surface area contributed by atoms with Crippen LogP contribution in [0, 0.1) is 13.8 Å². The molecule has 0 heterocycles. The van der Waals surface area contributed by atoms with E-state index in [0.29, 0.717) is 11.3 Å². The van der Waals surface area contributed by atoms with Crippen LogP contribution in [0.5, 0.6) is 0 Å². The first-order chi connectivity index (χ1) is 18.8. The van der Waals surface area contributed by atoms with E-state index in [9.17, 15) is 31.0 Å². The first kappa shape index (κ1) is 30.4. The van der Waals surface area contributed by atoms with Gasteiger partial charge >= 0.3 is 0 Å². The Kier molecular flexibility index (Phi) is 8.20. The third-order valence-electron chi connectivity index (χ3n) is 6.57. The zero-order chi connectivity index (χ0) is 29.0. The molecule has 4 aromatic rings. The molecule has 1 aliphatic carbocycles. The van der Waals surface area contributed by atoms with Crippen LogP contribution >= 0.6 is 0 Å². The summed E-state index contributed by atoms with van der Waals surface area (Å²) in [6.45, 7) is 3.54. The smallest absolute Gasteiger partial charge is 0.296 e. The van der Waals surface area contributed by atoms with Crippen molar-refractivity contribution in [1.82, 2.24) is 0 Å². The van der Waals surface area contributed by atoms with Crippen LogP contribution in [-0.4, -0.2) is 62.5 Å². The second kappa shape index (κ2) is 11.0. The van der Waals surface area contributed by atoms with Gasteiger partial charge in [0.25, 0.3) is 20.1 Å². The van der Waals surface area contributed by atoms with Crippen LogP contribution in [0.3, 0.4) is 0 Å². The number of aryl methyl sites for hydroxylation is 2. The van der Waals surface area contributed by atoms with Crippen molar-refractivity contribution in [2.45, 2.75) is 23.6 Å². The molecule has 0 spiro atoms. The Balaban J connectivity index is 0.00000387. The molecule has 5 N–H and O–H groups in total. The number of rotatable bonds is 6. The van der Waals surface area contributed by atoms with Gasteiger partial charge in [0.15, 0.2) is 11.6 Å². The number of fused-ring (bicyclic) bond motifs is 2. The van der Waals surface area contributed by atoms with Gasteiger partial charge in [0.1, 0.15) is 4.90 Å². The third kappa shape index (κ3) is 5.67. The van der Waals surface area contributed by atoms with Crippen molar-refractivity contribution in [2.24, 2.45) is 0 Å². The van der Waals surface area contributed by atoms with Gasteiger partial charge in [-0.2, -0.15) is 8.42 Å². The summed E-state index contributed by atoms with van der Waals surface area (Å²) in [6.07, 6.45) is 0. The van der Waals surface area contributed by atoms with E-state index in [4.69, 9.17) is 5.73 Å². The Labute approximate surface area is 259 Å². The second-order valence-electron chi connectivity index (χ2n) is 9.34. The van der Waals surface area contributed by atoms with Crippen LogP contribution in [0.2, 0.25) is 0 Å². The summed E-state index contributed by atoms with van der Waals surface area (Å²) in [5, 5.41) is 2.96. The van der Waals surface area contributed by atoms with Gasteiger partial charge in [-0.05, 0) is 49.7 Å². The summed E-state index contributed by atoms with van der Waals surface area (Å²) in [6, 6.07) is 17.9. The molecule has 5 rings (SSSR count). The van der Waals surface area contributed by atoms with E-state index in [1.165, 1.54) is 30.3 Å². The molecular formula is C28H23N3NaO7S2. The van der Waals surface area contributed by atoms with Gasteiger partial charge in [0.05, 0.1) is 33.1 Å². The van der Waals surface area contributed by atoms with E-state index in [2.05, 4.69) is 10.0 Å². The third-order valence-corrected chi connectivity index (χ3v) is 8.86. The minimum Gasteiger partial charge on any atom is -0.397 e. The fourth-order valence-electron chi connectivity index (χ4n) is 4.50. The zero-order valence-corrected chi connectivity index (χ0v) is 25.9. The number of hydrogen-bond donors (Lipinski definition) is 4. The van der Waals surface area contributed by atoms with Gasteiger partial charge in [0.2, 0.25) is 0 Å². The van der Waals surface area contributed by atoms with Gasteiger partial charge < -0.3 is 11.1 Å². The SMILES string of the molecule is Cc1ccc(S(=O)(=O)Nc2ccc(C)c(Nc3cc(S(=O)(=O)O)c(N)c4c3C(=O)c3ccccc3C4=O)c2)cc1.[Na]. The summed E-state index contributed by atoms with van der Waals surface area (Å²) in [7, 11) is -8.83. The Morgan fingerprint density at radius 2 is 1.34 bits per heavy atom. The van der Waals surface area contributed by atoms with Gasteiger partial charge in [-0.1, -0.05) is 48.0 Å². The molecule has 0 bridgehead atoms. The number of carbonyl (C=O) groups excluding carboxylic acids is 2. The summed E-state index contributed by atoms with van der Waals surface area (Å²) in [5.41, 5.74) is 7.00. The summed E-state index contributed by atoms with van der Waals surface area (Å²) in [5.74, 6) is -1.25. The number of hydrogen-bond acceptors (Lipinski definition) is 8. The number of ketones is 2. The van der Waals surface area contributed by atoms with Crippen LogP contribution in [-0.2, 0) is 20.1 Å². The maximum Gasteiger partial charge on any atom is 0.296 e. The number of anilines is 4. The Bertz CT molecular complexity index is 1960. The van der Waals surface area contributed by atoms with Crippen LogP contribution in [0.15, 0.2) is 82.6 Å². The Morgan fingerprint density at radius 1 is 0.756 bits per heavy atom. The minimum atomic E-state index is -4.90. The van der Waals surface area contributed by atoms with Crippen molar-refractivity contribution in [2.75, 3.05) is 15.8 Å². The number of nitrogens with two attached hydrogens (primary N) is 1. The molecule has 10 nitrogen and oxygen atoms in total. The average Bonchev–Trinajstić information content (AvgIpc) is 2.89. The van der Waals surface area contributed by atoms with Crippen LogP contribution in [0.25, 0.3) is 0 Å². The quantitative estimate of drug-likeness (QED) is 0.127. The van der Waals surface area contributed by atoms with E-state index in [1.54, 1.807) is 43.3 Å². The molecule has 0 saturated heterocycles. The fraction of sp³-hybridized carbons (Fsp3) is 0.0714. The molecule has 0 saturated carbocycles. The zero-order valence-electron chi connectivity index (χ0n) is 22.2. The van der Waals surface area contributed by atoms with E-state index in [0.717, 1.165) is 11.6 Å². The molecule has 1 radical (unpaired) electrons. The molecule has 0 aromatic heterocycles. The number of benzene rings is 4. The molecule has 41 heavy (non-hydrogen) atoms. The van der Waals surface area contributed by atoms with Crippen LogP contribution < -0.4 is 15.8 Å². The van der Waals surface area contributed by atoms with Crippen molar-refractivity contribution in [3.8, 4) is 0 Å². The fourth-order valence-corrected chi connectivity index (χ4v) is 6.20. The summed E-state index contributed by atoms with van der Waals surface area (Å²) in [4.78, 5) is 26.2. The van der Waals surface area contributed by atoms with E-state index in [-0.39, 0.29) is 68.1 Å². The van der Waals surface area contributed by atoms with Crippen molar-refractivity contribution in [3.05, 3.63) is 106 Å². The van der Waals surface area contributed by atoms with Gasteiger partial charge in [-0.15, -0.1) is 0 Å². The van der Waals surface area contributed by atoms with Crippen LogP contribution in [0.1, 0.15) is 43.0 Å². The van der Waals surface area contributed by atoms with E-state index >= 15 is 0 Å². The molecule has 0 aliphatic heterocycles. The molecule has 0 atom stereocenters. The Morgan fingerprint density at radius 3 is 1.93 bits per heavy atom. The number of sulfonamides is 1. The average molecular weight is 601 g/mol. The normalized spacial score (nSPS) is 12.7. The van der Waals surface area contributed by atoms with Gasteiger partial charge in [-0.25, -0.2) is 8.42 Å². The monoisotopic (exact) mass is 600 g/mol. The molecule has 1 aliphatic rings. The first-order valence-electron chi connectivity index (χ1n) is 11.9. The maximum absolute atomic E-state index is 13.5. The van der Waals surface area contributed by atoms with Crippen molar-refractivity contribution in [3.63, 3.8) is 0 Å². The van der Waals surface area contributed by atoms with E-state index in [1.807, 2.05) is 6.92 Å². The standard InChI is InChI=1S/C28H23N3O7S2.Na/c1-15-7-11-18(12-8-15)39(34,35)31-17-10-9-16(2)21(13-17)30-22-14-23(40(36,37)38)26(29)25-24(22)27(32)19-5-3-4-6-20(19)28(25)33;/h3-14,30-31H,29H2,1-2H3,(H,36,37,38);. The largest absolute Gasteiger partial charge is 0.397 e. The number of nitrogen functional groups attached to an aromatic ring is 1. The van der Waals surface area contributed by atoms with Crippen molar-refractivity contribution >= 4 is 84.0 Å². The molecule has 4 aromatic carbocycles. The van der Waals surface area contributed by atoms with E-state index < -0.39 is 42.3 Å². The molecule has 0 unspecified atom stereocenters. The second-order valence-corrected chi connectivity index (χ2v) is 12.4. The van der Waals surface area contributed by atoms with Crippen molar-refractivity contribution in [1.29, 1.82) is 0 Å². The van der Waals surface area contributed by atoms with Gasteiger partial charge in [-0.3, -0.25) is 18.9 Å². The molecule has 13 heteroatoms. The first-order valence-corrected chi connectivity index (χ1v) is 14.8.